The predicted molar refractivity (Wildman–Crippen MR) is 47.2 cm³/mol. The molecule has 0 aliphatic rings. The average molecular weight is 166 g/mol. The van der Waals surface area contributed by atoms with Crippen molar-refractivity contribution in [2.24, 2.45) is 0 Å². The van der Waals surface area contributed by atoms with Crippen LogP contribution in [-0.2, 0) is 0 Å². The Bertz CT molecular complexity index is 271. The van der Waals surface area contributed by atoms with E-state index in [9.17, 15) is 4.39 Å². The molecular weight excluding hydrogens is 155 g/mol. The van der Waals surface area contributed by atoms with Gasteiger partial charge >= 0.3 is 0 Å². The Labute approximate surface area is 71.1 Å². The van der Waals surface area contributed by atoms with Crippen LogP contribution >= 0.6 is 0 Å². The van der Waals surface area contributed by atoms with E-state index >= 15 is 0 Å². The van der Waals surface area contributed by atoms with E-state index in [4.69, 9.17) is 0 Å². The van der Waals surface area contributed by atoms with Crippen LogP contribution in [0.5, 0.6) is 0 Å². The first-order chi connectivity index (χ1) is 5.83. The Morgan fingerprint density at radius 3 is 3.17 bits per heavy atom. The molecule has 0 saturated heterocycles. The lowest BCUT2D eigenvalue weighted by Crippen LogP contribution is -2.03. The Morgan fingerprint density at radius 2 is 2.50 bits per heavy atom. The molecule has 2 nitrogen and oxygen atoms in total. The maximum atomic E-state index is 12.5. The van der Waals surface area contributed by atoms with Crippen molar-refractivity contribution in [3.63, 3.8) is 0 Å². The highest BCUT2D eigenvalue weighted by Crippen LogP contribution is 2.01. The number of halogens is 1. The number of nitrogens with zero attached hydrogens (tertiary/aromatic N) is 1. The van der Waals surface area contributed by atoms with E-state index in [-0.39, 0.29) is 0 Å². The fraction of sp³-hybridized carbons (Fsp3) is 0.222. The molecule has 0 saturated carbocycles. The van der Waals surface area contributed by atoms with Gasteiger partial charge < -0.3 is 5.32 Å². The molecule has 1 N–H and O–H groups in total. The van der Waals surface area contributed by atoms with Crippen LogP contribution in [0.15, 0.2) is 24.4 Å². The lowest BCUT2D eigenvalue weighted by molar-refractivity contribution is 0.583. The van der Waals surface area contributed by atoms with Crippen LogP contribution in [-0.4, -0.2) is 18.6 Å². The van der Waals surface area contributed by atoms with E-state index in [1.54, 1.807) is 6.07 Å². The molecular formula is C9H11FN2. The van der Waals surface area contributed by atoms with Gasteiger partial charge in [-0.2, -0.15) is 4.39 Å². The largest absolute Gasteiger partial charge is 0.316 e. The van der Waals surface area contributed by atoms with Crippen LogP contribution in [0, 0.1) is 5.95 Å². The minimum absolute atomic E-state index is 0.443. The van der Waals surface area contributed by atoms with Crippen molar-refractivity contribution in [1.29, 1.82) is 0 Å². The van der Waals surface area contributed by atoms with E-state index in [1.807, 2.05) is 19.2 Å². The topological polar surface area (TPSA) is 24.9 Å². The molecule has 0 unspecified atom stereocenters. The average Bonchev–Trinajstić information content (AvgIpc) is 2.05. The van der Waals surface area contributed by atoms with Crippen LogP contribution in [0.4, 0.5) is 4.39 Å². The molecule has 0 spiro atoms. The van der Waals surface area contributed by atoms with Crippen molar-refractivity contribution in [3.8, 4) is 0 Å². The lowest BCUT2D eigenvalue weighted by atomic mass is 10.2. The highest BCUT2D eigenvalue weighted by Gasteiger charge is 1.89. The first-order valence-corrected chi connectivity index (χ1v) is 3.75. The van der Waals surface area contributed by atoms with Gasteiger partial charge in [0.15, 0.2) is 0 Å². The van der Waals surface area contributed by atoms with E-state index < -0.39 is 5.95 Å². The van der Waals surface area contributed by atoms with Crippen molar-refractivity contribution in [1.82, 2.24) is 10.3 Å². The number of nitrogens with one attached hydrogen (secondary N) is 1. The molecule has 0 atom stereocenters. The SMILES string of the molecule is CNCC=Cc1ccnc(F)c1. The third-order valence-corrected chi connectivity index (χ3v) is 1.38. The highest BCUT2D eigenvalue weighted by atomic mass is 19.1. The molecule has 1 heterocycles. The predicted octanol–water partition coefficient (Wildman–Crippen LogP) is 1.45. The molecule has 0 aliphatic carbocycles. The summed E-state index contributed by atoms with van der Waals surface area (Å²) in [7, 11) is 1.86. The van der Waals surface area contributed by atoms with Crippen LogP contribution in [0.3, 0.4) is 0 Å². The molecule has 1 rings (SSSR count). The fourth-order valence-electron chi connectivity index (χ4n) is 0.834. The van der Waals surface area contributed by atoms with E-state index in [2.05, 4.69) is 10.3 Å². The second-order valence-corrected chi connectivity index (χ2v) is 2.37. The number of aromatic nitrogens is 1. The molecule has 12 heavy (non-hydrogen) atoms. The third kappa shape index (κ3) is 2.80. The van der Waals surface area contributed by atoms with E-state index in [1.165, 1.54) is 12.3 Å². The molecule has 0 aliphatic heterocycles. The summed E-state index contributed by atoms with van der Waals surface area (Å²) < 4.78 is 12.5. The second kappa shape index (κ2) is 4.62. The Balaban J connectivity index is 2.63. The van der Waals surface area contributed by atoms with Gasteiger partial charge in [-0.05, 0) is 18.7 Å². The second-order valence-electron chi connectivity index (χ2n) is 2.37. The van der Waals surface area contributed by atoms with Crippen LogP contribution in [0.2, 0.25) is 0 Å². The first kappa shape index (κ1) is 8.87. The summed E-state index contributed by atoms with van der Waals surface area (Å²) in [4.78, 5) is 3.45. The van der Waals surface area contributed by atoms with Crippen molar-refractivity contribution in [2.45, 2.75) is 0 Å². The standard InChI is InChI=1S/C9H11FN2/c1-11-5-2-3-8-4-6-12-9(10)7-8/h2-4,6-7,11H,5H2,1H3. The van der Waals surface area contributed by atoms with Gasteiger partial charge in [-0.3, -0.25) is 0 Å². The molecule has 0 fully saturated rings. The minimum Gasteiger partial charge on any atom is -0.316 e. The lowest BCUT2D eigenvalue weighted by Gasteiger charge is -1.92. The fourth-order valence-corrected chi connectivity index (χ4v) is 0.834. The molecule has 0 radical (unpaired) electrons. The number of likely N-dealkylation sites (N-methyl/N-ethyl adjacent to an activating group) is 1. The Kier molecular flexibility index (Phi) is 3.41. The molecule has 1 aromatic rings. The maximum absolute atomic E-state index is 12.5. The maximum Gasteiger partial charge on any atom is 0.213 e. The summed E-state index contributed by atoms with van der Waals surface area (Å²) in [6.07, 6.45) is 5.23. The van der Waals surface area contributed by atoms with E-state index in [0.717, 1.165) is 12.1 Å². The first-order valence-electron chi connectivity index (χ1n) is 3.75. The Morgan fingerprint density at radius 1 is 1.67 bits per heavy atom. The van der Waals surface area contributed by atoms with Gasteiger partial charge in [-0.25, -0.2) is 4.98 Å². The number of rotatable bonds is 3. The van der Waals surface area contributed by atoms with Gasteiger partial charge in [0, 0.05) is 18.8 Å². The van der Waals surface area contributed by atoms with Crippen LogP contribution < -0.4 is 5.32 Å². The van der Waals surface area contributed by atoms with Crippen molar-refractivity contribution < 1.29 is 4.39 Å². The molecule has 1 aromatic heterocycles. The van der Waals surface area contributed by atoms with Crippen molar-refractivity contribution in [3.05, 3.63) is 35.9 Å². The van der Waals surface area contributed by atoms with Crippen molar-refractivity contribution >= 4 is 6.08 Å². The number of pyridine rings is 1. The zero-order valence-electron chi connectivity index (χ0n) is 6.92. The normalized spacial score (nSPS) is 10.8. The van der Waals surface area contributed by atoms with E-state index in [0.29, 0.717) is 0 Å². The number of hydrogen-bond donors (Lipinski definition) is 1. The highest BCUT2D eigenvalue weighted by molar-refractivity contribution is 5.48. The molecule has 0 bridgehead atoms. The zero-order valence-corrected chi connectivity index (χ0v) is 6.92. The summed E-state index contributed by atoms with van der Waals surface area (Å²) in [5.41, 5.74) is 0.831. The summed E-state index contributed by atoms with van der Waals surface area (Å²) >= 11 is 0. The van der Waals surface area contributed by atoms with Crippen LogP contribution in [0.1, 0.15) is 5.56 Å². The van der Waals surface area contributed by atoms with Gasteiger partial charge in [0.1, 0.15) is 0 Å². The smallest absolute Gasteiger partial charge is 0.213 e. The molecule has 3 heteroatoms. The molecule has 0 aromatic carbocycles. The molecule has 0 amide bonds. The van der Waals surface area contributed by atoms with Gasteiger partial charge in [-0.15, -0.1) is 0 Å². The summed E-state index contributed by atoms with van der Waals surface area (Å²) in [6.45, 7) is 0.782. The summed E-state index contributed by atoms with van der Waals surface area (Å²) in [6, 6.07) is 3.15. The minimum atomic E-state index is -0.443. The van der Waals surface area contributed by atoms with Crippen molar-refractivity contribution in [2.75, 3.05) is 13.6 Å². The van der Waals surface area contributed by atoms with Crippen LogP contribution in [0.25, 0.3) is 6.08 Å². The summed E-state index contributed by atoms with van der Waals surface area (Å²) in [5, 5.41) is 2.96. The zero-order chi connectivity index (χ0) is 8.81. The van der Waals surface area contributed by atoms with Gasteiger partial charge in [-0.1, -0.05) is 12.2 Å². The third-order valence-electron chi connectivity index (χ3n) is 1.38. The van der Waals surface area contributed by atoms with Gasteiger partial charge in [0.05, 0.1) is 0 Å². The van der Waals surface area contributed by atoms with Gasteiger partial charge in [0.2, 0.25) is 5.95 Å². The number of hydrogen-bond acceptors (Lipinski definition) is 2. The quantitative estimate of drug-likeness (QED) is 0.687. The summed E-state index contributed by atoms with van der Waals surface area (Å²) in [5.74, 6) is -0.443. The molecule has 64 valence electrons. The Hall–Kier alpha value is -1.22. The monoisotopic (exact) mass is 166 g/mol. The van der Waals surface area contributed by atoms with Gasteiger partial charge in [0.25, 0.3) is 0 Å².